The number of hydrogen-bond donors (Lipinski definition) is 1. The lowest BCUT2D eigenvalue weighted by atomic mass is 10.1. The van der Waals surface area contributed by atoms with Gasteiger partial charge in [-0.05, 0) is 24.6 Å². The first-order chi connectivity index (χ1) is 6.56. The summed E-state index contributed by atoms with van der Waals surface area (Å²) in [4.78, 5) is 11.1. The van der Waals surface area contributed by atoms with Gasteiger partial charge in [0.1, 0.15) is 0 Å². The number of benzene rings is 1. The lowest BCUT2D eigenvalue weighted by Gasteiger charge is -2.08. The predicted molar refractivity (Wildman–Crippen MR) is 55.4 cm³/mol. The van der Waals surface area contributed by atoms with Crippen LogP contribution < -0.4 is 5.73 Å². The molecule has 0 bridgehead atoms. The zero-order valence-corrected chi connectivity index (χ0v) is 8.84. The van der Waals surface area contributed by atoms with Crippen LogP contribution in [0.2, 0.25) is 5.02 Å². The number of methoxy groups -OCH3 is 1. The van der Waals surface area contributed by atoms with Crippen LogP contribution in [0.15, 0.2) is 18.2 Å². The summed E-state index contributed by atoms with van der Waals surface area (Å²) in [6, 6.07) is 4.80. The molecule has 0 fully saturated rings. The molecule has 1 aromatic carbocycles. The smallest absolute Gasteiger partial charge is 0.337 e. The summed E-state index contributed by atoms with van der Waals surface area (Å²) in [6.07, 6.45) is 0. The van der Waals surface area contributed by atoms with Gasteiger partial charge in [-0.2, -0.15) is 0 Å². The number of carbonyl (C=O) groups is 1. The summed E-state index contributed by atoms with van der Waals surface area (Å²) >= 11 is 5.94. The minimum atomic E-state index is -0.400. The predicted octanol–water partition coefficient (Wildman–Crippen LogP) is 2.15. The van der Waals surface area contributed by atoms with E-state index in [0.29, 0.717) is 10.6 Å². The fraction of sp³-hybridized carbons (Fsp3) is 0.300. The van der Waals surface area contributed by atoms with Gasteiger partial charge < -0.3 is 10.5 Å². The third-order valence-corrected chi connectivity index (χ3v) is 2.24. The minimum Gasteiger partial charge on any atom is -0.465 e. The van der Waals surface area contributed by atoms with Gasteiger partial charge in [-0.15, -0.1) is 0 Å². The Bertz CT molecular complexity index is 350. The summed E-state index contributed by atoms with van der Waals surface area (Å²) < 4.78 is 4.56. The second-order valence-corrected chi connectivity index (χ2v) is 3.42. The highest BCUT2D eigenvalue weighted by Gasteiger charge is 2.10. The van der Waals surface area contributed by atoms with Gasteiger partial charge in [0, 0.05) is 11.1 Å². The number of esters is 1. The Kier molecular flexibility index (Phi) is 3.49. The first-order valence-corrected chi connectivity index (χ1v) is 4.57. The van der Waals surface area contributed by atoms with Crippen LogP contribution in [0.5, 0.6) is 0 Å². The van der Waals surface area contributed by atoms with E-state index in [1.165, 1.54) is 7.11 Å². The van der Waals surface area contributed by atoms with Gasteiger partial charge in [0.25, 0.3) is 0 Å². The number of hydrogen-bond acceptors (Lipinski definition) is 3. The van der Waals surface area contributed by atoms with Gasteiger partial charge in [0.15, 0.2) is 0 Å². The fourth-order valence-electron chi connectivity index (χ4n) is 1.14. The summed E-state index contributed by atoms with van der Waals surface area (Å²) in [5.41, 5.74) is 6.92. The second-order valence-electron chi connectivity index (χ2n) is 3.02. The van der Waals surface area contributed by atoms with E-state index in [0.717, 1.165) is 5.56 Å². The van der Waals surface area contributed by atoms with Gasteiger partial charge in [0.05, 0.1) is 12.7 Å². The Morgan fingerprint density at radius 3 is 2.64 bits per heavy atom. The maximum Gasteiger partial charge on any atom is 0.337 e. The lowest BCUT2D eigenvalue weighted by molar-refractivity contribution is 0.0600. The first-order valence-electron chi connectivity index (χ1n) is 4.19. The van der Waals surface area contributed by atoms with Crippen molar-refractivity contribution in [1.82, 2.24) is 0 Å². The zero-order valence-electron chi connectivity index (χ0n) is 8.08. The van der Waals surface area contributed by atoms with Crippen molar-refractivity contribution in [3.8, 4) is 0 Å². The molecule has 0 spiro atoms. The van der Waals surface area contributed by atoms with E-state index in [2.05, 4.69) is 4.74 Å². The number of nitrogens with two attached hydrogens (primary N) is 1. The highest BCUT2D eigenvalue weighted by Crippen LogP contribution is 2.22. The van der Waals surface area contributed by atoms with E-state index < -0.39 is 5.97 Å². The Morgan fingerprint density at radius 1 is 1.57 bits per heavy atom. The molecule has 1 atom stereocenters. The standard InChI is InChI=1S/C10H12ClNO2/c1-6(12)8-4-3-7(5-9(8)11)10(13)14-2/h3-6H,12H2,1-2H3/t6-/m0/s1. The van der Waals surface area contributed by atoms with E-state index >= 15 is 0 Å². The molecule has 0 aromatic heterocycles. The molecule has 76 valence electrons. The van der Waals surface area contributed by atoms with Gasteiger partial charge >= 0.3 is 5.97 Å². The maximum atomic E-state index is 11.1. The SMILES string of the molecule is COC(=O)c1ccc([C@H](C)N)c(Cl)c1. The Morgan fingerprint density at radius 2 is 2.21 bits per heavy atom. The van der Waals surface area contributed by atoms with Crippen molar-refractivity contribution < 1.29 is 9.53 Å². The summed E-state index contributed by atoms with van der Waals surface area (Å²) in [5, 5.41) is 0.489. The molecule has 0 amide bonds. The summed E-state index contributed by atoms with van der Waals surface area (Å²) in [5.74, 6) is -0.400. The van der Waals surface area contributed by atoms with Gasteiger partial charge in [-0.3, -0.25) is 0 Å². The molecule has 0 heterocycles. The van der Waals surface area contributed by atoms with Crippen molar-refractivity contribution in [2.75, 3.05) is 7.11 Å². The topological polar surface area (TPSA) is 52.3 Å². The third kappa shape index (κ3) is 2.25. The molecule has 0 unspecified atom stereocenters. The molecule has 0 saturated carbocycles. The van der Waals surface area contributed by atoms with Crippen LogP contribution in [0, 0.1) is 0 Å². The second kappa shape index (κ2) is 4.44. The van der Waals surface area contributed by atoms with Crippen molar-refractivity contribution in [3.63, 3.8) is 0 Å². The molecule has 0 aliphatic rings. The molecule has 0 radical (unpaired) electrons. The number of ether oxygens (including phenoxy) is 1. The highest BCUT2D eigenvalue weighted by molar-refractivity contribution is 6.31. The molecule has 4 heteroatoms. The number of halogens is 1. The zero-order chi connectivity index (χ0) is 10.7. The minimum absolute atomic E-state index is 0.144. The van der Waals surface area contributed by atoms with Crippen LogP contribution in [-0.2, 0) is 4.74 Å². The van der Waals surface area contributed by atoms with Crippen LogP contribution >= 0.6 is 11.6 Å². The molecule has 0 aliphatic heterocycles. The van der Waals surface area contributed by atoms with Crippen molar-refractivity contribution in [3.05, 3.63) is 34.3 Å². The normalized spacial score (nSPS) is 12.3. The first kappa shape index (κ1) is 11.0. The van der Waals surface area contributed by atoms with E-state index in [1.54, 1.807) is 18.2 Å². The molecule has 0 aliphatic carbocycles. The van der Waals surface area contributed by atoms with Crippen molar-refractivity contribution in [2.24, 2.45) is 5.73 Å². The maximum absolute atomic E-state index is 11.1. The number of carbonyl (C=O) groups excluding carboxylic acids is 1. The monoisotopic (exact) mass is 213 g/mol. The van der Waals surface area contributed by atoms with E-state index in [1.807, 2.05) is 6.92 Å². The van der Waals surface area contributed by atoms with Crippen LogP contribution in [0.3, 0.4) is 0 Å². The average Bonchev–Trinajstić information content (AvgIpc) is 2.15. The van der Waals surface area contributed by atoms with E-state index in [-0.39, 0.29) is 6.04 Å². The van der Waals surface area contributed by atoms with E-state index in [9.17, 15) is 4.79 Å². The highest BCUT2D eigenvalue weighted by atomic mass is 35.5. The molecular formula is C10H12ClNO2. The van der Waals surface area contributed by atoms with Gasteiger partial charge in [-0.1, -0.05) is 17.7 Å². The van der Waals surface area contributed by atoms with Crippen LogP contribution in [0.4, 0.5) is 0 Å². The van der Waals surface area contributed by atoms with Crippen molar-refractivity contribution in [1.29, 1.82) is 0 Å². The fourth-order valence-corrected chi connectivity index (χ4v) is 1.49. The molecule has 1 rings (SSSR count). The van der Waals surface area contributed by atoms with Crippen LogP contribution in [0.1, 0.15) is 28.9 Å². The van der Waals surface area contributed by atoms with Gasteiger partial charge in [-0.25, -0.2) is 4.79 Å². The quantitative estimate of drug-likeness (QED) is 0.766. The average molecular weight is 214 g/mol. The molecule has 0 saturated heterocycles. The number of rotatable bonds is 2. The van der Waals surface area contributed by atoms with Crippen molar-refractivity contribution >= 4 is 17.6 Å². The van der Waals surface area contributed by atoms with Crippen LogP contribution in [-0.4, -0.2) is 13.1 Å². The van der Waals surface area contributed by atoms with Crippen molar-refractivity contribution in [2.45, 2.75) is 13.0 Å². The van der Waals surface area contributed by atoms with Gasteiger partial charge in [0.2, 0.25) is 0 Å². The Hall–Kier alpha value is -1.06. The summed E-state index contributed by atoms with van der Waals surface area (Å²) in [7, 11) is 1.33. The summed E-state index contributed by atoms with van der Waals surface area (Å²) in [6.45, 7) is 1.83. The molecular weight excluding hydrogens is 202 g/mol. The Balaban J connectivity index is 3.06. The lowest BCUT2D eigenvalue weighted by Crippen LogP contribution is -2.07. The third-order valence-electron chi connectivity index (χ3n) is 1.91. The molecule has 2 N–H and O–H groups in total. The molecule has 14 heavy (non-hydrogen) atoms. The largest absolute Gasteiger partial charge is 0.465 e. The Labute approximate surface area is 87.8 Å². The molecule has 3 nitrogen and oxygen atoms in total. The van der Waals surface area contributed by atoms with Crippen LogP contribution in [0.25, 0.3) is 0 Å². The van der Waals surface area contributed by atoms with E-state index in [4.69, 9.17) is 17.3 Å². The molecule has 1 aromatic rings.